The van der Waals surface area contributed by atoms with Crippen molar-refractivity contribution in [2.45, 2.75) is 12.5 Å². The van der Waals surface area contributed by atoms with Crippen LogP contribution in [0.5, 0.6) is 0 Å². The van der Waals surface area contributed by atoms with Crippen molar-refractivity contribution in [3.8, 4) is 0 Å². The molecule has 1 unspecified atom stereocenters. The van der Waals surface area contributed by atoms with Gasteiger partial charge in [0, 0.05) is 11.3 Å². The van der Waals surface area contributed by atoms with E-state index >= 15 is 0 Å². The fourth-order valence-corrected chi connectivity index (χ4v) is 2.36. The minimum atomic E-state index is -0.634. The van der Waals surface area contributed by atoms with E-state index in [9.17, 15) is 4.79 Å². The zero-order chi connectivity index (χ0) is 11.9. The first-order valence-corrected chi connectivity index (χ1v) is 5.69. The second-order valence-corrected chi connectivity index (χ2v) is 4.49. The summed E-state index contributed by atoms with van der Waals surface area (Å²) in [7, 11) is 0. The molecule has 3 rings (SSSR count). The summed E-state index contributed by atoms with van der Waals surface area (Å²) in [5.41, 5.74) is 2.06. The van der Waals surface area contributed by atoms with Gasteiger partial charge < -0.3 is 5.32 Å². The van der Waals surface area contributed by atoms with E-state index in [0.717, 1.165) is 16.8 Å². The third-order valence-corrected chi connectivity index (χ3v) is 3.36. The van der Waals surface area contributed by atoms with Gasteiger partial charge in [0.1, 0.15) is 5.54 Å². The second-order valence-electron chi connectivity index (χ2n) is 4.49. The van der Waals surface area contributed by atoms with Gasteiger partial charge in [-0.15, -0.1) is 0 Å². The van der Waals surface area contributed by atoms with Crippen LogP contribution in [0, 0.1) is 0 Å². The summed E-state index contributed by atoms with van der Waals surface area (Å²) in [6.45, 7) is 1.94. The fourth-order valence-electron chi connectivity index (χ4n) is 2.36. The van der Waals surface area contributed by atoms with Gasteiger partial charge in [-0.25, -0.2) is 0 Å². The zero-order valence-corrected chi connectivity index (χ0v) is 9.60. The Morgan fingerprint density at radius 2 is 1.59 bits per heavy atom. The molecule has 1 aliphatic heterocycles. The molecule has 2 aromatic rings. The Bertz CT molecular complexity index is 576. The molecule has 0 fully saturated rings. The largest absolute Gasteiger partial charge is 0.369 e. The molecule has 1 atom stereocenters. The highest BCUT2D eigenvalue weighted by Gasteiger charge is 2.42. The molecule has 17 heavy (non-hydrogen) atoms. The highest BCUT2D eigenvalue weighted by molar-refractivity contribution is 6.13. The molecule has 0 saturated heterocycles. The number of ketones is 1. The maximum atomic E-state index is 12.5. The lowest BCUT2D eigenvalue weighted by molar-refractivity contribution is 0.0928. The predicted octanol–water partition coefficient (Wildman–Crippen LogP) is 3.21. The normalized spacial score (nSPS) is 22.1. The van der Waals surface area contributed by atoms with E-state index in [4.69, 9.17) is 0 Å². The first-order chi connectivity index (χ1) is 8.22. The van der Waals surface area contributed by atoms with Crippen molar-refractivity contribution >= 4 is 11.5 Å². The number of para-hydroxylation sites is 1. The average Bonchev–Trinajstić information content (AvgIpc) is 2.65. The Kier molecular flexibility index (Phi) is 2.05. The van der Waals surface area contributed by atoms with E-state index in [0.29, 0.717) is 0 Å². The molecule has 0 bridgehead atoms. The summed E-state index contributed by atoms with van der Waals surface area (Å²) in [5.74, 6) is 0.138. The number of nitrogens with one attached hydrogen (secondary N) is 1. The van der Waals surface area contributed by atoms with E-state index in [2.05, 4.69) is 5.32 Å². The van der Waals surface area contributed by atoms with Crippen LogP contribution in [-0.2, 0) is 5.54 Å². The van der Waals surface area contributed by atoms with Gasteiger partial charge in [0.15, 0.2) is 5.78 Å². The number of benzene rings is 2. The lowest BCUT2D eigenvalue weighted by Crippen LogP contribution is -2.34. The maximum Gasteiger partial charge on any atom is 0.194 e. The van der Waals surface area contributed by atoms with Gasteiger partial charge in [0.2, 0.25) is 0 Å². The SMILES string of the molecule is CC1(c2ccccc2)Nc2ccccc2C1=O. The molecule has 1 aliphatic rings. The minimum absolute atomic E-state index is 0.138. The molecule has 2 nitrogen and oxygen atoms in total. The number of carbonyl (C=O) groups is 1. The molecule has 2 aromatic carbocycles. The van der Waals surface area contributed by atoms with Crippen LogP contribution in [0.15, 0.2) is 54.6 Å². The van der Waals surface area contributed by atoms with Gasteiger partial charge >= 0.3 is 0 Å². The molecule has 1 N–H and O–H groups in total. The number of rotatable bonds is 1. The van der Waals surface area contributed by atoms with Crippen LogP contribution >= 0.6 is 0 Å². The first-order valence-electron chi connectivity index (χ1n) is 5.69. The number of Topliss-reactive ketones (excluding diaryl/α,β-unsaturated/α-hetero) is 1. The van der Waals surface area contributed by atoms with Crippen molar-refractivity contribution in [3.05, 3.63) is 65.7 Å². The predicted molar refractivity (Wildman–Crippen MR) is 68.2 cm³/mol. The molecule has 0 aliphatic carbocycles. The van der Waals surface area contributed by atoms with Crippen molar-refractivity contribution < 1.29 is 4.79 Å². The van der Waals surface area contributed by atoms with E-state index in [-0.39, 0.29) is 5.78 Å². The highest BCUT2D eigenvalue weighted by atomic mass is 16.1. The quantitative estimate of drug-likeness (QED) is 0.804. The maximum absolute atomic E-state index is 12.5. The van der Waals surface area contributed by atoms with Crippen molar-refractivity contribution in [1.82, 2.24) is 0 Å². The molecular weight excluding hydrogens is 210 g/mol. The summed E-state index contributed by atoms with van der Waals surface area (Å²) < 4.78 is 0. The summed E-state index contributed by atoms with van der Waals surface area (Å²) in [5, 5.41) is 3.33. The number of anilines is 1. The van der Waals surface area contributed by atoms with Crippen LogP contribution in [0.25, 0.3) is 0 Å². The highest BCUT2D eigenvalue weighted by Crippen LogP contribution is 2.38. The Balaban J connectivity index is 2.12. The minimum Gasteiger partial charge on any atom is -0.369 e. The standard InChI is InChI=1S/C15H13NO/c1-15(11-7-3-2-4-8-11)14(17)12-9-5-6-10-13(12)16-15/h2-10,16H,1H3. The summed E-state index contributed by atoms with van der Waals surface area (Å²) in [6.07, 6.45) is 0. The van der Waals surface area contributed by atoms with Gasteiger partial charge in [-0.2, -0.15) is 0 Å². The van der Waals surface area contributed by atoms with Gasteiger partial charge in [0.05, 0.1) is 0 Å². The Morgan fingerprint density at radius 3 is 2.29 bits per heavy atom. The van der Waals surface area contributed by atoms with Crippen molar-refractivity contribution in [2.75, 3.05) is 5.32 Å². The van der Waals surface area contributed by atoms with E-state index in [1.807, 2.05) is 61.5 Å². The lowest BCUT2D eigenvalue weighted by atomic mass is 9.88. The van der Waals surface area contributed by atoms with Gasteiger partial charge in [-0.05, 0) is 24.6 Å². The third kappa shape index (κ3) is 1.37. The molecule has 2 heteroatoms. The second kappa shape index (κ2) is 3.45. The molecule has 1 heterocycles. The van der Waals surface area contributed by atoms with Gasteiger partial charge in [0.25, 0.3) is 0 Å². The van der Waals surface area contributed by atoms with Crippen LogP contribution in [0.3, 0.4) is 0 Å². The first kappa shape index (κ1) is 10.1. The smallest absolute Gasteiger partial charge is 0.194 e. The fraction of sp³-hybridized carbons (Fsp3) is 0.133. The Hall–Kier alpha value is -2.09. The molecule has 84 valence electrons. The molecular formula is C15H13NO. The number of fused-ring (bicyclic) bond motifs is 1. The molecule has 0 amide bonds. The van der Waals surface area contributed by atoms with Gasteiger partial charge in [-0.3, -0.25) is 4.79 Å². The molecule has 0 saturated carbocycles. The zero-order valence-electron chi connectivity index (χ0n) is 9.60. The molecule has 0 radical (unpaired) electrons. The van der Waals surface area contributed by atoms with Gasteiger partial charge in [-0.1, -0.05) is 42.5 Å². The molecule has 0 spiro atoms. The Labute approximate surface area is 100 Å². The van der Waals surface area contributed by atoms with Crippen LogP contribution in [-0.4, -0.2) is 5.78 Å². The number of carbonyl (C=O) groups excluding carboxylic acids is 1. The van der Waals surface area contributed by atoms with Crippen LogP contribution in [0.2, 0.25) is 0 Å². The lowest BCUT2D eigenvalue weighted by Gasteiger charge is -2.23. The van der Waals surface area contributed by atoms with E-state index < -0.39 is 5.54 Å². The summed E-state index contributed by atoms with van der Waals surface area (Å²) in [4.78, 5) is 12.5. The molecule has 0 aromatic heterocycles. The average molecular weight is 223 g/mol. The van der Waals surface area contributed by atoms with E-state index in [1.54, 1.807) is 0 Å². The van der Waals surface area contributed by atoms with Crippen LogP contribution in [0.1, 0.15) is 22.8 Å². The van der Waals surface area contributed by atoms with Crippen LogP contribution < -0.4 is 5.32 Å². The van der Waals surface area contributed by atoms with Crippen LogP contribution in [0.4, 0.5) is 5.69 Å². The number of hydrogen-bond donors (Lipinski definition) is 1. The summed E-state index contributed by atoms with van der Waals surface area (Å²) in [6, 6.07) is 17.5. The topological polar surface area (TPSA) is 29.1 Å². The van der Waals surface area contributed by atoms with Crippen molar-refractivity contribution in [2.24, 2.45) is 0 Å². The third-order valence-electron chi connectivity index (χ3n) is 3.36. The summed E-state index contributed by atoms with van der Waals surface area (Å²) >= 11 is 0. The monoisotopic (exact) mass is 223 g/mol. The van der Waals surface area contributed by atoms with E-state index in [1.165, 1.54) is 0 Å². The van der Waals surface area contributed by atoms with Crippen molar-refractivity contribution in [3.63, 3.8) is 0 Å². The number of hydrogen-bond acceptors (Lipinski definition) is 2. The Morgan fingerprint density at radius 1 is 0.941 bits per heavy atom. The van der Waals surface area contributed by atoms with Crippen molar-refractivity contribution in [1.29, 1.82) is 0 Å².